The molecule has 0 radical (unpaired) electrons. The van der Waals surface area contributed by atoms with Crippen molar-refractivity contribution in [3.63, 3.8) is 0 Å². The summed E-state index contributed by atoms with van der Waals surface area (Å²) >= 11 is 0. The summed E-state index contributed by atoms with van der Waals surface area (Å²) in [6.07, 6.45) is 0.475. The highest BCUT2D eigenvalue weighted by Gasteiger charge is 2.41. The van der Waals surface area contributed by atoms with Gasteiger partial charge in [-0.25, -0.2) is 13.2 Å². The lowest BCUT2D eigenvalue weighted by atomic mass is 9.78. The van der Waals surface area contributed by atoms with Gasteiger partial charge in [-0.2, -0.15) is 8.78 Å². The maximum atomic E-state index is 15.2. The number of allylic oxidation sites excluding steroid dienone is 2. The Morgan fingerprint density at radius 1 is 0.652 bits per heavy atom. The third-order valence-electron chi connectivity index (χ3n) is 8.05. The van der Waals surface area contributed by atoms with Gasteiger partial charge in [-0.05, 0) is 109 Å². The summed E-state index contributed by atoms with van der Waals surface area (Å²) in [6, 6.07) is 16.0. The standard InChI is InChI=1S/C36H30F8O2/c1-2-3-4-22-5-7-23(8-6-22)24-9-11-25(12-10-24)26-13-18-30(31(37)19-26)27-20-32(38)34(33(39)21-27)35(40,41)45-28-14-16-29(17-15-28)46-36(42,43)44/h3-4,9-23H,2,5-8H2,1H3/b4-3+. The van der Waals surface area contributed by atoms with Gasteiger partial charge in [-0.3, -0.25) is 0 Å². The Kier molecular flexibility index (Phi) is 9.74. The van der Waals surface area contributed by atoms with Crippen molar-refractivity contribution in [2.75, 3.05) is 0 Å². The van der Waals surface area contributed by atoms with Crippen LogP contribution in [0.5, 0.6) is 11.5 Å². The van der Waals surface area contributed by atoms with Gasteiger partial charge in [0.05, 0.1) is 0 Å². The Morgan fingerprint density at radius 3 is 1.74 bits per heavy atom. The average molecular weight is 647 g/mol. The highest BCUT2D eigenvalue weighted by Crippen LogP contribution is 2.40. The maximum absolute atomic E-state index is 15.2. The summed E-state index contributed by atoms with van der Waals surface area (Å²) in [5, 5.41) is 0. The van der Waals surface area contributed by atoms with Crippen molar-refractivity contribution in [3.05, 3.63) is 120 Å². The second kappa shape index (κ2) is 13.6. The molecule has 1 saturated carbocycles. The van der Waals surface area contributed by atoms with Crippen LogP contribution in [0.15, 0.2) is 91.0 Å². The molecule has 0 saturated heterocycles. The molecule has 1 aliphatic rings. The van der Waals surface area contributed by atoms with Gasteiger partial charge < -0.3 is 9.47 Å². The van der Waals surface area contributed by atoms with Gasteiger partial charge in [0.15, 0.2) is 0 Å². The molecule has 1 fully saturated rings. The number of hydrogen-bond donors (Lipinski definition) is 0. The highest BCUT2D eigenvalue weighted by molar-refractivity contribution is 5.71. The van der Waals surface area contributed by atoms with Crippen molar-refractivity contribution in [2.45, 2.75) is 57.4 Å². The molecule has 0 bridgehead atoms. The molecule has 4 aromatic rings. The number of alkyl halides is 5. The molecular formula is C36H30F8O2. The van der Waals surface area contributed by atoms with E-state index in [4.69, 9.17) is 0 Å². The lowest BCUT2D eigenvalue weighted by Crippen LogP contribution is -2.25. The lowest BCUT2D eigenvalue weighted by molar-refractivity contribution is -0.274. The summed E-state index contributed by atoms with van der Waals surface area (Å²) in [7, 11) is 0. The van der Waals surface area contributed by atoms with Crippen molar-refractivity contribution in [1.29, 1.82) is 0 Å². The van der Waals surface area contributed by atoms with Gasteiger partial charge in [0, 0.05) is 5.56 Å². The van der Waals surface area contributed by atoms with Crippen LogP contribution in [-0.2, 0) is 6.11 Å². The normalized spacial score (nSPS) is 17.3. The van der Waals surface area contributed by atoms with Crippen LogP contribution in [0.2, 0.25) is 0 Å². The van der Waals surface area contributed by atoms with Crippen molar-refractivity contribution in [3.8, 4) is 33.8 Å². The fraction of sp³-hybridized carbons (Fsp3) is 0.278. The SMILES string of the molecule is CC/C=C/C1CCC(c2ccc(-c3ccc(-c4cc(F)c(C(F)(F)Oc5ccc(OC(F)(F)F)cc5)c(F)c4)c(F)c3)cc2)CC1. The largest absolute Gasteiger partial charge is 0.573 e. The number of halogens is 8. The molecule has 0 N–H and O–H groups in total. The third kappa shape index (κ3) is 7.89. The summed E-state index contributed by atoms with van der Waals surface area (Å²) < 4.78 is 120. The van der Waals surface area contributed by atoms with Gasteiger partial charge in [-0.1, -0.05) is 55.5 Å². The second-order valence-corrected chi connectivity index (χ2v) is 11.2. The quantitative estimate of drug-likeness (QED) is 0.133. The summed E-state index contributed by atoms with van der Waals surface area (Å²) in [6.45, 7) is 2.12. The van der Waals surface area contributed by atoms with Crippen molar-refractivity contribution in [2.24, 2.45) is 5.92 Å². The van der Waals surface area contributed by atoms with Gasteiger partial charge in [-0.15, -0.1) is 13.2 Å². The Morgan fingerprint density at radius 2 is 1.20 bits per heavy atom. The summed E-state index contributed by atoms with van der Waals surface area (Å²) in [5.41, 5.74) is 0.240. The Bertz CT molecular complexity index is 1650. The van der Waals surface area contributed by atoms with E-state index in [0.717, 1.165) is 49.8 Å². The van der Waals surface area contributed by atoms with E-state index in [1.165, 1.54) is 17.7 Å². The lowest BCUT2D eigenvalue weighted by Gasteiger charge is -2.27. The van der Waals surface area contributed by atoms with Crippen LogP contribution in [0.4, 0.5) is 35.1 Å². The average Bonchev–Trinajstić information content (AvgIpc) is 3.00. The van der Waals surface area contributed by atoms with Crippen LogP contribution in [0.1, 0.15) is 56.1 Å². The number of benzene rings is 4. The fourth-order valence-corrected chi connectivity index (χ4v) is 5.77. The predicted octanol–water partition coefficient (Wildman–Crippen LogP) is 11.7. The summed E-state index contributed by atoms with van der Waals surface area (Å²) in [5.74, 6) is -4.51. The Balaban J connectivity index is 1.29. The smallest absolute Gasteiger partial charge is 0.429 e. The summed E-state index contributed by atoms with van der Waals surface area (Å²) in [4.78, 5) is 0. The van der Waals surface area contributed by atoms with Crippen LogP contribution in [0.3, 0.4) is 0 Å². The minimum Gasteiger partial charge on any atom is -0.429 e. The Labute approximate surface area is 261 Å². The van der Waals surface area contributed by atoms with E-state index in [1.54, 1.807) is 6.07 Å². The first-order valence-corrected chi connectivity index (χ1v) is 14.8. The van der Waals surface area contributed by atoms with E-state index in [-0.39, 0.29) is 11.1 Å². The zero-order valence-electron chi connectivity index (χ0n) is 24.7. The zero-order valence-corrected chi connectivity index (χ0v) is 24.7. The predicted molar refractivity (Wildman–Crippen MR) is 159 cm³/mol. The topological polar surface area (TPSA) is 18.5 Å². The van der Waals surface area contributed by atoms with Gasteiger partial charge in [0.1, 0.15) is 34.5 Å². The minimum atomic E-state index is -5.00. The molecule has 242 valence electrons. The molecule has 0 aromatic heterocycles. The van der Waals surface area contributed by atoms with Crippen molar-refractivity contribution < 1.29 is 44.6 Å². The number of ether oxygens (including phenoxy) is 2. The molecule has 0 atom stereocenters. The second-order valence-electron chi connectivity index (χ2n) is 11.2. The first-order valence-electron chi connectivity index (χ1n) is 14.8. The van der Waals surface area contributed by atoms with Crippen LogP contribution in [0.25, 0.3) is 22.3 Å². The Hall–Kier alpha value is -4.34. The van der Waals surface area contributed by atoms with Gasteiger partial charge >= 0.3 is 12.5 Å². The van der Waals surface area contributed by atoms with Crippen molar-refractivity contribution in [1.82, 2.24) is 0 Å². The zero-order chi connectivity index (χ0) is 33.1. The van der Waals surface area contributed by atoms with Crippen LogP contribution in [0, 0.1) is 23.4 Å². The number of hydrogen-bond acceptors (Lipinski definition) is 2. The molecule has 0 heterocycles. The molecular weight excluding hydrogens is 616 g/mol. The molecule has 5 rings (SSSR count). The first-order chi connectivity index (χ1) is 21.8. The highest BCUT2D eigenvalue weighted by atomic mass is 19.4. The molecule has 1 aliphatic carbocycles. The monoisotopic (exact) mass is 646 g/mol. The van der Waals surface area contributed by atoms with Crippen LogP contribution >= 0.6 is 0 Å². The molecule has 0 spiro atoms. The molecule has 46 heavy (non-hydrogen) atoms. The van der Waals surface area contributed by atoms with E-state index < -0.39 is 47.0 Å². The molecule has 0 aliphatic heterocycles. The first kappa shape index (κ1) is 33.0. The minimum absolute atomic E-state index is 0.205. The molecule has 0 unspecified atom stereocenters. The molecule has 0 amide bonds. The number of rotatable bonds is 9. The fourth-order valence-electron chi connectivity index (χ4n) is 5.77. The van der Waals surface area contributed by atoms with E-state index in [0.29, 0.717) is 41.7 Å². The van der Waals surface area contributed by atoms with E-state index in [9.17, 15) is 30.7 Å². The van der Waals surface area contributed by atoms with E-state index >= 15 is 4.39 Å². The molecule has 4 aromatic carbocycles. The maximum Gasteiger partial charge on any atom is 0.573 e. The van der Waals surface area contributed by atoms with E-state index in [1.807, 2.05) is 24.3 Å². The van der Waals surface area contributed by atoms with E-state index in [2.05, 4.69) is 28.5 Å². The third-order valence-corrected chi connectivity index (χ3v) is 8.05. The van der Waals surface area contributed by atoms with Crippen molar-refractivity contribution >= 4 is 0 Å². The molecule has 10 heteroatoms. The molecule has 2 nitrogen and oxygen atoms in total. The van der Waals surface area contributed by atoms with Gasteiger partial charge in [0.25, 0.3) is 0 Å². The van der Waals surface area contributed by atoms with Crippen LogP contribution < -0.4 is 9.47 Å². The van der Waals surface area contributed by atoms with Crippen LogP contribution in [-0.4, -0.2) is 6.36 Å². The van der Waals surface area contributed by atoms with Gasteiger partial charge in [0.2, 0.25) is 0 Å².